The summed E-state index contributed by atoms with van der Waals surface area (Å²) >= 11 is 0. The summed E-state index contributed by atoms with van der Waals surface area (Å²) in [5, 5.41) is 62.7. The minimum absolute atomic E-state index is 0.000779. The maximum absolute atomic E-state index is 14.4. The van der Waals surface area contributed by atoms with Gasteiger partial charge in [-0.3, -0.25) is 81.9 Å². The third-order valence-corrected chi connectivity index (χ3v) is 26.2. The first-order valence-corrected chi connectivity index (χ1v) is 51.6. The molecule has 0 aliphatic rings. The summed E-state index contributed by atoms with van der Waals surface area (Å²) < 4.78 is 11.4. The number of Topliss-reactive ketones (excluding diaryl/α,β-unsaturated/α-hetero) is 6. The normalized spacial score (nSPS) is 13.3. The average Bonchev–Trinajstić information content (AvgIpc) is 0.955. The Morgan fingerprint density at radius 2 is 0.736 bits per heavy atom. The zero-order valence-electron chi connectivity index (χ0n) is 85.8. The number of ketones is 6. The van der Waals surface area contributed by atoms with Gasteiger partial charge in [0.1, 0.15) is 52.2 Å². The quantitative estimate of drug-likeness (QED) is 0.0234. The van der Waals surface area contributed by atoms with E-state index >= 15 is 0 Å². The third kappa shape index (κ3) is 56.5. The van der Waals surface area contributed by atoms with Gasteiger partial charge in [0, 0.05) is 120 Å². The lowest BCUT2D eigenvalue weighted by molar-refractivity contribution is -0.145. The molecule has 0 fully saturated rings. The minimum atomic E-state index is -1.19. The van der Waals surface area contributed by atoms with Gasteiger partial charge in [0.05, 0.1) is 66.7 Å². The van der Waals surface area contributed by atoms with Crippen molar-refractivity contribution in [1.29, 1.82) is 0 Å². The Morgan fingerprint density at radius 1 is 0.350 bits per heavy atom. The van der Waals surface area contributed by atoms with Crippen LogP contribution in [0.3, 0.4) is 0 Å². The van der Waals surface area contributed by atoms with Crippen LogP contribution in [0, 0.1) is 23.2 Å². The van der Waals surface area contributed by atoms with Crippen molar-refractivity contribution in [3.8, 4) is 11.5 Å². The minimum Gasteiger partial charge on any atom is -0.494 e. The van der Waals surface area contributed by atoms with Gasteiger partial charge in [0.25, 0.3) is 0 Å². The average molecular weight is 1970 g/mol. The number of aromatic nitrogens is 2. The summed E-state index contributed by atoms with van der Waals surface area (Å²) in [7, 11) is 14.6. The molecular formula is C106H171N11O23. The fourth-order valence-electron chi connectivity index (χ4n) is 17.3. The number of aryl methyl sites for hydroxylation is 1. The Bertz CT molecular complexity index is 4160. The van der Waals surface area contributed by atoms with Crippen molar-refractivity contribution < 1.29 is 112 Å². The van der Waals surface area contributed by atoms with Gasteiger partial charge in [0.2, 0.25) is 29.5 Å². The van der Waals surface area contributed by atoms with Crippen LogP contribution in [0.15, 0.2) is 61.1 Å². The van der Waals surface area contributed by atoms with Crippen LogP contribution in [0.4, 0.5) is 0 Å². The number of H-pyrrole nitrogens is 1. The van der Waals surface area contributed by atoms with Gasteiger partial charge >= 0.3 is 29.8 Å². The van der Waals surface area contributed by atoms with Crippen LogP contribution in [-0.4, -0.2) is 275 Å². The predicted molar refractivity (Wildman–Crippen MR) is 537 cm³/mol. The number of ether oxygens (including phenoxy) is 2. The van der Waals surface area contributed by atoms with Gasteiger partial charge < -0.3 is 66.6 Å². The van der Waals surface area contributed by atoms with Gasteiger partial charge in [0.15, 0.2) is 0 Å². The van der Waals surface area contributed by atoms with Crippen LogP contribution in [-0.2, 0) is 73.5 Å². The number of carboxylic acid groups (broad SMARTS) is 5. The van der Waals surface area contributed by atoms with Gasteiger partial charge in [-0.2, -0.15) is 0 Å². The number of amides is 5. The summed E-state index contributed by atoms with van der Waals surface area (Å²) in [6.45, 7) is 5.76. The first-order chi connectivity index (χ1) is 66.8. The number of aliphatic carboxylic acids is 3. The summed E-state index contributed by atoms with van der Waals surface area (Å²) in [5.74, 6) is -9.06. The van der Waals surface area contributed by atoms with Gasteiger partial charge in [-0.05, 0) is 240 Å². The van der Waals surface area contributed by atoms with E-state index in [2.05, 4.69) is 36.6 Å². The SMILES string of the molecule is CN(C)[C@@H](CCCCNC(=O)CC[C@H](CC(=O)CCCCCCCCCCOc1ccc(C(=O)O)cc1)C(=O)O)C(=O)CCCCC[C@@H](C(=O)NCCCC[C@H](CC(=O)C(C)(C)CC(=O)CCc1cnc[nH]1)C(=O)C[C@@H](CCCCNC(=O)[C@H](CCCCNC(=O)[C@H](CCCCCC(=O)CC[C@H](NC(=O)CCCCCCCCCCOc1ccc(C(=O)O)cc1)C(=O)O)N(C)C)N(C)C)C(=O)O)N(C)C. The number of benzene rings is 2. The van der Waals surface area contributed by atoms with Crippen molar-refractivity contribution in [1.82, 2.24) is 56.2 Å². The molecular weight excluding hydrogens is 1800 g/mol. The molecule has 8 atom stereocenters. The number of carbonyl (C=O) groups is 16. The molecule has 0 saturated heterocycles. The molecule has 0 spiro atoms. The highest BCUT2D eigenvalue weighted by molar-refractivity contribution is 5.95. The Labute approximate surface area is 831 Å². The standard InChI is InChI=1S/C106H171N11O23/c1-106(2,74-85(120)57-56-82-75-107-76-112-82)95(123)73-79(41-31-35-66-109-98(126)91(116(7)8)47-28-24-29-49-93(121)89(114(3)4)45-33-37-65-108-96(124)64-55-81(104(135)136)71-84(119)44-25-19-15-11-13-17-21-39-69-139-86-59-51-77(52-60-86)101(129)130)94(122)72-80(103(133)134)42-32-36-67-110-100(128)92(117(9)10)48-34-38-68-111-99(127)90(115(5)6)46-27-23-26-43-83(118)58-63-88(105(137)138)113-97(125)50-30-20-16-12-14-18-22-40-70-140-87-61-53-78(54-62-87)102(131)132/h51-54,59-62,75-76,79-81,88-92H,11-50,55-58,63-74H2,1-10H3,(H,107,112)(H,108,124)(H,109,126)(H,110,128)(H,111,127)(H,113,125)(H,129,130)(H,131,132)(H,133,134)(H,135,136)(H,137,138)/t79-,80-,81-,88+,89+,90+,91+,92+/m1/s1. The van der Waals surface area contributed by atoms with Crippen molar-refractivity contribution in [2.75, 3.05) is 95.8 Å². The summed E-state index contributed by atoms with van der Waals surface area (Å²) in [4.78, 5) is 221. The molecule has 0 aliphatic carbocycles. The molecule has 1 aromatic heterocycles. The second-order valence-corrected chi connectivity index (χ2v) is 39.4. The van der Waals surface area contributed by atoms with Crippen molar-refractivity contribution in [3.05, 3.63) is 77.9 Å². The molecule has 3 rings (SSSR count). The molecule has 140 heavy (non-hydrogen) atoms. The largest absolute Gasteiger partial charge is 0.494 e. The molecule has 0 bridgehead atoms. The number of rotatable bonds is 89. The number of carboxylic acids is 5. The first-order valence-electron chi connectivity index (χ1n) is 51.6. The van der Waals surface area contributed by atoms with Crippen molar-refractivity contribution in [2.45, 2.75) is 365 Å². The van der Waals surface area contributed by atoms with Crippen LogP contribution < -0.4 is 36.1 Å². The van der Waals surface area contributed by atoms with Gasteiger partial charge in [-0.25, -0.2) is 19.4 Å². The fraction of sp³-hybridized carbons (Fsp3) is 0.708. The van der Waals surface area contributed by atoms with Crippen molar-refractivity contribution >= 4 is 94.1 Å². The van der Waals surface area contributed by atoms with Crippen molar-refractivity contribution in [3.63, 3.8) is 0 Å². The van der Waals surface area contributed by atoms with E-state index in [0.29, 0.717) is 185 Å². The number of aromatic carboxylic acids is 2. The molecule has 0 saturated carbocycles. The van der Waals surface area contributed by atoms with E-state index in [1.54, 1.807) is 58.4 Å². The molecule has 1 heterocycles. The van der Waals surface area contributed by atoms with E-state index in [4.69, 9.17) is 19.7 Å². The maximum atomic E-state index is 14.4. The molecule has 0 aliphatic heterocycles. The third-order valence-electron chi connectivity index (χ3n) is 26.2. The molecule has 2 aromatic carbocycles. The van der Waals surface area contributed by atoms with Crippen LogP contribution >= 0.6 is 0 Å². The number of carbonyl (C=O) groups excluding carboxylic acids is 11. The predicted octanol–water partition coefficient (Wildman–Crippen LogP) is 14.8. The first kappa shape index (κ1) is 124. The number of aromatic amines is 1. The number of imidazole rings is 1. The Hall–Kier alpha value is -10.2. The smallest absolute Gasteiger partial charge is 0.335 e. The van der Waals surface area contributed by atoms with E-state index in [-0.39, 0.29) is 178 Å². The highest BCUT2D eigenvalue weighted by atomic mass is 16.5. The lowest BCUT2D eigenvalue weighted by Crippen LogP contribution is -2.44. The molecule has 788 valence electrons. The van der Waals surface area contributed by atoms with Gasteiger partial charge in [-0.1, -0.05) is 129 Å². The number of hydrogen-bond acceptors (Lipinski definition) is 23. The van der Waals surface area contributed by atoms with E-state index in [1.807, 2.05) is 61.9 Å². The second kappa shape index (κ2) is 73.0. The fourth-order valence-corrected chi connectivity index (χ4v) is 17.3. The molecule has 34 nitrogen and oxygen atoms in total. The Kier molecular flexibility index (Phi) is 64.6. The van der Waals surface area contributed by atoms with Crippen LogP contribution in [0.25, 0.3) is 0 Å². The number of nitrogens with zero attached hydrogens (tertiary/aromatic N) is 5. The lowest BCUT2D eigenvalue weighted by atomic mass is 9.76. The van der Waals surface area contributed by atoms with Crippen LogP contribution in [0.1, 0.15) is 355 Å². The zero-order valence-corrected chi connectivity index (χ0v) is 85.8. The monoisotopic (exact) mass is 1970 g/mol. The highest BCUT2D eigenvalue weighted by Crippen LogP contribution is 2.32. The second-order valence-electron chi connectivity index (χ2n) is 39.4. The van der Waals surface area contributed by atoms with Crippen LogP contribution in [0.2, 0.25) is 0 Å². The molecule has 5 amide bonds. The molecule has 11 N–H and O–H groups in total. The molecule has 3 aromatic rings. The summed E-state index contributed by atoms with van der Waals surface area (Å²) in [6.07, 6.45) is 30.0. The Morgan fingerprint density at radius 3 is 1.16 bits per heavy atom. The summed E-state index contributed by atoms with van der Waals surface area (Å²) in [5.41, 5.74) is 0.0829. The van der Waals surface area contributed by atoms with Crippen molar-refractivity contribution in [2.24, 2.45) is 23.2 Å². The molecule has 0 radical (unpaired) electrons. The topological polar surface area (TPSA) is 495 Å². The zero-order chi connectivity index (χ0) is 104. The number of nitrogens with one attached hydrogen (secondary N) is 6. The summed E-state index contributed by atoms with van der Waals surface area (Å²) in [6, 6.07) is 9.82. The number of unbranched alkanes of at least 4 members (excludes halogenated alkanes) is 22. The highest BCUT2D eigenvalue weighted by Gasteiger charge is 2.36. The molecule has 34 heteroatoms. The number of likely N-dealkylation sites (N-methyl/N-ethyl adjacent to an activating group) is 4. The van der Waals surface area contributed by atoms with Gasteiger partial charge in [-0.15, -0.1) is 0 Å². The molecule has 0 unspecified atom stereocenters. The number of hydrogen-bond donors (Lipinski definition) is 11. The van der Waals surface area contributed by atoms with Crippen LogP contribution in [0.5, 0.6) is 11.5 Å². The van der Waals surface area contributed by atoms with E-state index < -0.39 is 77.2 Å². The van der Waals surface area contributed by atoms with E-state index in [1.165, 1.54) is 30.6 Å². The van der Waals surface area contributed by atoms with E-state index in [9.17, 15) is 92.0 Å². The lowest BCUT2D eigenvalue weighted by Gasteiger charge is -2.26. The Balaban J connectivity index is 1.36. The maximum Gasteiger partial charge on any atom is 0.335 e. The van der Waals surface area contributed by atoms with E-state index in [0.717, 1.165) is 95.6 Å².